The number of benzene rings is 1. The molecule has 2 aromatic rings. The quantitative estimate of drug-likeness (QED) is 0.915. The van der Waals surface area contributed by atoms with Gasteiger partial charge in [-0.3, -0.25) is 9.59 Å². The molecular weight excluding hydrogens is 334 g/mol. The SMILES string of the molecule is O=C1CCC[C@@H]2CN(C(=O)CCCc3nc4ccccc4s3)C[C@@H]2N1. The number of likely N-dealkylation sites (tertiary alicyclic amines) is 1. The minimum Gasteiger partial charge on any atom is -0.351 e. The Balaban J connectivity index is 1.28. The van der Waals surface area contributed by atoms with Gasteiger partial charge < -0.3 is 10.2 Å². The largest absolute Gasteiger partial charge is 0.351 e. The van der Waals surface area contributed by atoms with Crippen molar-refractivity contribution in [2.75, 3.05) is 13.1 Å². The highest BCUT2D eigenvalue weighted by Crippen LogP contribution is 2.26. The Kier molecular flexibility index (Phi) is 4.70. The molecule has 2 fully saturated rings. The van der Waals surface area contributed by atoms with Gasteiger partial charge in [0.15, 0.2) is 0 Å². The number of carbonyl (C=O) groups is 2. The van der Waals surface area contributed by atoms with Crippen molar-refractivity contribution in [1.82, 2.24) is 15.2 Å². The second-order valence-electron chi connectivity index (χ2n) is 7.05. The lowest BCUT2D eigenvalue weighted by Gasteiger charge is -2.16. The summed E-state index contributed by atoms with van der Waals surface area (Å²) in [6.07, 6.45) is 4.84. The molecule has 1 aromatic carbocycles. The standard InChI is InChI=1S/C19H23N3O2S/c23-17-8-3-5-13-11-22(12-15(13)20-17)19(24)10-4-9-18-21-14-6-1-2-7-16(14)25-18/h1-2,6-7,13,15H,3-5,8-12H2,(H,20,23)/t13-,15+/m1/s1. The van der Waals surface area contributed by atoms with E-state index in [0.29, 0.717) is 25.3 Å². The summed E-state index contributed by atoms with van der Waals surface area (Å²) in [5, 5.41) is 4.19. The summed E-state index contributed by atoms with van der Waals surface area (Å²) >= 11 is 1.72. The van der Waals surface area contributed by atoms with Crippen LogP contribution in [0.15, 0.2) is 24.3 Å². The van der Waals surface area contributed by atoms with Gasteiger partial charge in [-0.25, -0.2) is 4.98 Å². The van der Waals surface area contributed by atoms with Gasteiger partial charge in [0.05, 0.1) is 21.3 Å². The topological polar surface area (TPSA) is 62.3 Å². The van der Waals surface area contributed by atoms with E-state index in [-0.39, 0.29) is 17.9 Å². The van der Waals surface area contributed by atoms with E-state index in [2.05, 4.69) is 16.4 Å². The number of carbonyl (C=O) groups excluding carboxylic acids is 2. The molecule has 0 bridgehead atoms. The number of thiazole rings is 1. The zero-order valence-electron chi connectivity index (χ0n) is 14.2. The summed E-state index contributed by atoms with van der Waals surface area (Å²) in [5.74, 6) is 0.778. The molecule has 5 nitrogen and oxygen atoms in total. The molecule has 0 aliphatic carbocycles. The van der Waals surface area contributed by atoms with Crippen molar-refractivity contribution >= 4 is 33.4 Å². The van der Waals surface area contributed by atoms with E-state index < -0.39 is 0 Å². The number of amides is 2. The molecule has 0 unspecified atom stereocenters. The van der Waals surface area contributed by atoms with E-state index in [1.807, 2.05) is 23.1 Å². The molecule has 0 spiro atoms. The second kappa shape index (κ2) is 7.12. The first-order valence-electron chi connectivity index (χ1n) is 9.10. The minimum absolute atomic E-state index is 0.137. The van der Waals surface area contributed by atoms with Gasteiger partial charge in [0, 0.05) is 25.9 Å². The number of hydrogen-bond acceptors (Lipinski definition) is 4. The first-order valence-corrected chi connectivity index (χ1v) is 9.92. The lowest BCUT2D eigenvalue weighted by atomic mass is 9.99. The molecular formula is C19H23N3O2S. The lowest BCUT2D eigenvalue weighted by molar-refractivity contribution is -0.130. The molecule has 2 aliphatic rings. The number of hydrogen-bond donors (Lipinski definition) is 1. The maximum absolute atomic E-state index is 12.5. The van der Waals surface area contributed by atoms with Crippen LogP contribution < -0.4 is 5.32 Å². The van der Waals surface area contributed by atoms with Gasteiger partial charge in [-0.05, 0) is 43.7 Å². The molecule has 6 heteroatoms. The van der Waals surface area contributed by atoms with E-state index >= 15 is 0 Å². The molecule has 2 atom stereocenters. The van der Waals surface area contributed by atoms with Gasteiger partial charge in [0.1, 0.15) is 0 Å². The van der Waals surface area contributed by atoms with Crippen LogP contribution >= 0.6 is 11.3 Å². The number of nitrogens with one attached hydrogen (secondary N) is 1. The average molecular weight is 357 g/mol. The Morgan fingerprint density at radius 3 is 3.08 bits per heavy atom. The van der Waals surface area contributed by atoms with Crippen LogP contribution in [0.25, 0.3) is 10.2 Å². The van der Waals surface area contributed by atoms with Crippen LogP contribution in [0.3, 0.4) is 0 Å². The zero-order chi connectivity index (χ0) is 17.2. The van der Waals surface area contributed by atoms with E-state index in [9.17, 15) is 9.59 Å². The van der Waals surface area contributed by atoms with E-state index in [0.717, 1.165) is 42.8 Å². The molecule has 2 amide bonds. The van der Waals surface area contributed by atoms with Crippen molar-refractivity contribution in [3.8, 4) is 0 Å². The van der Waals surface area contributed by atoms with Gasteiger partial charge in [-0.1, -0.05) is 12.1 Å². The molecule has 2 saturated heterocycles. The van der Waals surface area contributed by atoms with Crippen LogP contribution in [0, 0.1) is 5.92 Å². The third-order valence-corrected chi connectivity index (χ3v) is 6.33. The summed E-state index contributed by atoms with van der Waals surface area (Å²) in [5.41, 5.74) is 1.05. The van der Waals surface area contributed by atoms with Crippen LogP contribution in [-0.2, 0) is 16.0 Å². The molecule has 0 radical (unpaired) electrons. The molecule has 1 aromatic heterocycles. The van der Waals surface area contributed by atoms with Crippen molar-refractivity contribution in [2.45, 2.75) is 44.6 Å². The summed E-state index contributed by atoms with van der Waals surface area (Å²) in [4.78, 5) is 30.8. The predicted octanol–water partition coefficient (Wildman–Crippen LogP) is 2.75. The Hall–Kier alpha value is -1.95. The monoisotopic (exact) mass is 357 g/mol. The number of fused-ring (bicyclic) bond motifs is 2. The maximum atomic E-state index is 12.5. The van der Waals surface area contributed by atoms with Crippen molar-refractivity contribution in [2.24, 2.45) is 5.92 Å². The van der Waals surface area contributed by atoms with Crippen molar-refractivity contribution < 1.29 is 9.59 Å². The first kappa shape index (κ1) is 16.5. The molecule has 4 rings (SSSR count). The maximum Gasteiger partial charge on any atom is 0.222 e. The van der Waals surface area contributed by atoms with Gasteiger partial charge >= 0.3 is 0 Å². The Morgan fingerprint density at radius 2 is 2.20 bits per heavy atom. The molecule has 25 heavy (non-hydrogen) atoms. The number of aryl methyl sites for hydroxylation is 1. The van der Waals surface area contributed by atoms with Crippen LogP contribution in [0.1, 0.15) is 37.1 Å². The predicted molar refractivity (Wildman–Crippen MR) is 98.4 cm³/mol. The minimum atomic E-state index is 0.137. The number of nitrogens with zero attached hydrogens (tertiary/aromatic N) is 2. The van der Waals surface area contributed by atoms with Crippen LogP contribution in [0.2, 0.25) is 0 Å². The fourth-order valence-corrected chi connectivity index (χ4v) is 4.92. The fourth-order valence-electron chi connectivity index (χ4n) is 3.91. The van der Waals surface area contributed by atoms with E-state index in [4.69, 9.17) is 0 Å². The molecule has 1 N–H and O–H groups in total. The molecule has 132 valence electrons. The third-order valence-electron chi connectivity index (χ3n) is 5.24. The Bertz CT molecular complexity index is 755. The van der Waals surface area contributed by atoms with E-state index in [1.165, 1.54) is 4.70 Å². The molecule has 0 saturated carbocycles. The van der Waals surface area contributed by atoms with Crippen LogP contribution in [-0.4, -0.2) is 40.8 Å². The van der Waals surface area contributed by atoms with Crippen LogP contribution in [0.5, 0.6) is 0 Å². The number of aromatic nitrogens is 1. The Morgan fingerprint density at radius 1 is 1.32 bits per heavy atom. The molecule has 2 aliphatic heterocycles. The second-order valence-corrected chi connectivity index (χ2v) is 8.17. The van der Waals surface area contributed by atoms with E-state index in [1.54, 1.807) is 11.3 Å². The average Bonchev–Trinajstić information content (AvgIpc) is 3.14. The summed E-state index contributed by atoms with van der Waals surface area (Å²) < 4.78 is 1.21. The van der Waals surface area contributed by atoms with Crippen molar-refractivity contribution in [3.63, 3.8) is 0 Å². The summed E-state index contributed by atoms with van der Waals surface area (Å²) in [6.45, 7) is 1.47. The first-order chi connectivity index (χ1) is 12.2. The summed E-state index contributed by atoms with van der Waals surface area (Å²) in [7, 11) is 0. The van der Waals surface area contributed by atoms with Gasteiger partial charge in [0.2, 0.25) is 11.8 Å². The van der Waals surface area contributed by atoms with Crippen LogP contribution in [0.4, 0.5) is 0 Å². The van der Waals surface area contributed by atoms with Gasteiger partial charge in [-0.2, -0.15) is 0 Å². The lowest BCUT2D eigenvalue weighted by Crippen LogP contribution is -2.39. The molecule has 3 heterocycles. The highest BCUT2D eigenvalue weighted by Gasteiger charge is 2.36. The number of rotatable bonds is 4. The van der Waals surface area contributed by atoms with Gasteiger partial charge in [-0.15, -0.1) is 11.3 Å². The smallest absolute Gasteiger partial charge is 0.222 e. The highest BCUT2D eigenvalue weighted by atomic mass is 32.1. The highest BCUT2D eigenvalue weighted by molar-refractivity contribution is 7.18. The fraction of sp³-hybridized carbons (Fsp3) is 0.526. The zero-order valence-corrected chi connectivity index (χ0v) is 15.1. The third kappa shape index (κ3) is 3.68. The summed E-state index contributed by atoms with van der Waals surface area (Å²) in [6, 6.07) is 8.31. The van der Waals surface area contributed by atoms with Crippen molar-refractivity contribution in [1.29, 1.82) is 0 Å². The normalized spacial score (nSPS) is 23.4. The van der Waals surface area contributed by atoms with Crippen molar-refractivity contribution in [3.05, 3.63) is 29.3 Å². The number of para-hydroxylation sites is 1. The Labute approximate surface area is 151 Å². The van der Waals surface area contributed by atoms with Gasteiger partial charge in [0.25, 0.3) is 0 Å².